The van der Waals surface area contributed by atoms with E-state index in [-0.39, 0.29) is 10.8 Å². The normalized spacial score (nSPS) is 16.0. The highest BCUT2D eigenvalue weighted by atomic mass is 32.2. The summed E-state index contributed by atoms with van der Waals surface area (Å²) in [7, 11) is -3.59. The number of anilines is 1. The van der Waals surface area contributed by atoms with Gasteiger partial charge in [0.1, 0.15) is 11.5 Å². The molecule has 1 saturated heterocycles. The molecule has 1 fully saturated rings. The summed E-state index contributed by atoms with van der Waals surface area (Å²) in [6.07, 6.45) is 1.91. The van der Waals surface area contributed by atoms with Gasteiger partial charge in [-0.25, -0.2) is 13.1 Å². The Balaban J connectivity index is 1.52. The van der Waals surface area contributed by atoms with Gasteiger partial charge < -0.3 is 9.73 Å². The smallest absolute Gasteiger partial charge is 0.240 e. The van der Waals surface area contributed by atoms with E-state index in [2.05, 4.69) is 21.0 Å². The number of amides is 1. The van der Waals surface area contributed by atoms with E-state index < -0.39 is 10.0 Å². The Morgan fingerprint density at radius 2 is 1.87 bits per heavy atom. The van der Waals surface area contributed by atoms with Crippen molar-refractivity contribution in [2.24, 2.45) is 5.92 Å². The zero-order chi connectivity index (χ0) is 21.9. The largest absolute Gasteiger partial charge is 0.466 e. The van der Waals surface area contributed by atoms with Gasteiger partial charge in [0, 0.05) is 31.3 Å². The van der Waals surface area contributed by atoms with E-state index >= 15 is 0 Å². The van der Waals surface area contributed by atoms with E-state index in [1.54, 1.807) is 25.1 Å². The second kappa shape index (κ2) is 9.32. The quantitative estimate of drug-likeness (QED) is 0.699. The van der Waals surface area contributed by atoms with Gasteiger partial charge in [-0.15, -0.1) is 0 Å². The van der Waals surface area contributed by atoms with E-state index in [4.69, 9.17) is 4.42 Å². The van der Waals surface area contributed by atoms with Crippen LogP contribution in [0.2, 0.25) is 0 Å². The lowest BCUT2D eigenvalue weighted by atomic mass is 9.97. The fourth-order valence-electron chi connectivity index (χ4n) is 3.97. The number of hydrogen-bond donors (Lipinski definition) is 2. The minimum absolute atomic E-state index is 0.187. The van der Waals surface area contributed by atoms with Crippen molar-refractivity contribution < 1.29 is 17.6 Å². The lowest BCUT2D eigenvalue weighted by Gasteiger charge is -2.31. The average Bonchev–Trinajstić information content (AvgIpc) is 2.97. The van der Waals surface area contributed by atoms with Crippen LogP contribution in [0, 0.1) is 26.7 Å². The fourth-order valence-corrected chi connectivity index (χ4v) is 5.31. The van der Waals surface area contributed by atoms with E-state index in [1.165, 1.54) is 12.5 Å². The highest BCUT2D eigenvalue weighted by Crippen LogP contribution is 2.23. The van der Waals surface area contributed by atoms with Gasteiger partial charge in [-0.3, -0.25) is 9.69 Å². The van der Waals surface area contributed by atoms with Crippen molar-refractivity contribution in [3.8, 4) is 0 Å². The summed E-state index contributed by atoms with van der Waals surface area (Å²) in [5.74, 6) is 2.05. The standard InChI is InChI=1S/C22H31N3O4S/c1-15-11-21(24-18(4)26)5-6-22(15)30(27,28)23-13-19-7-9-25(10-8-19)14-20-12-16(2)29-17(20)3/h5-6,11-12,19,23H,7-10,13-14H2,1-4H3,(H,24,26). The molecular weight excluding hydrogens is 402 g/mol. The maximum atomic E-state index is 12.8. The number of hydrogen-bond acceptors (Lipinski definition) is 5. The molecule has 1 amide bonds. The Hall–Kier alpha value is -2.16. The first-order chi connectivity index (χ1) is 14.1. The number of carbonyl (C=O) groups is 1. The van der Waals surface area contributed by atoms with Crippen molar-refractivity contribution in [2.75, 3.05) is 25.0 Å². The number of rotatable bonds is 7. The summed E-state index contributed by atoms with van der Waals surface area (Å²) >= 11 is 0. The molecule has 1 aliphatic heterocycles. The highest BCUT2D eigenvalue weighted by Gasteiger charge is 2.23. The average molecular weight is 434 g/mol. The zero-order valence-electron chi connectivity index (χ0n) is 18.1. The third kappa shape index (κ3) is 5.71. The third-order valence-electron chi connectivity index (χ3n) is 5.59. The molecule has 1 aliphatic rings. The van der Waals surface area contributed by atoms with Gasteiger partial charge in [0.15, 0.2) is 0 Å². The third-order valence-corrected chi connectivity index (χ3v) is 7.18. The summed E-state index contributed by atoms with van der Waals surface area (Å²) < 4.78 is 33.9. The number of piperidine rings is 1. The van der Waals surface area contributed by atoms with E-state index in [1.807, 2.05) is 13.8 Å². The predicted molar refractivity (Wildman–Crippen MR) is 117 cm³/mol. The summed E-state index contributed by atoms with van der Waals surface area (Å²) in [6, 6.07) is 6.92. The van der Waals surface area contributed by atoms with Crippen LogP contribution in [0.4, 0.5) is 5.69 Å². The van der Waals surface area contributed by atoms with Crippen LogP contribution in [0.25, 0.3) is 0 Å². The van der Waals surface area contributed by atoms with E-state index in [0.717, 1.165) is 44.0 Å². The fraction of sp³-hybridized carbons (Fsp3) is 0.500. The molecular formula is C22H31N3O4S. The minimum atomic E-state index is -3.59. The number of furan rings is 1. The van der Waals surface area contributed by atoms with E-state index in [9.17, 15) is 13.2 Å². The number of likely N-dealkylation sites (tertiary alicyclic amines) is 1. The first kappa shape index (κ1) is 22.5. The molecule has 1 aromatic carbocycles. The molecule has 0 radical (unpaired) electrons. The van der Waals surface area contributed by atoms with Crippen molar-refractivity contribution in [1.29, 1.82) is 0 Å². The number of aryl methyl sites for hydroxylation is 3. The molecule has 2 aromatic rings. The van der Waals surface area contributed by atoms with E-state index in [0.29, 0.717) is 23.7 Å². The molecule has 7 nitrogen and oxygen atoms in total. The summed E-state index contributed by atoms with van der Waals surface area (Å²) in [5.41, 5.74) is 2.42. The maximum absolute atomic E-state index is 12.8. The molecule has 8 heteroatoms. The number of nitrogens with zero attached hydrogens (tertiary/aromatic N) is 1. The Kier molecular flexibility index (Phi) is 7.00. The van der Waals surface area contributed by atoms with Crippen LogP contribution in [-0.4, -0.2) is 38.9 Å². The lowest BCUT2D eigenvalue weighted by molar-refractivity contribution is -0.114. The molecule has 0 saturated carbocycles. The summed E-state index contributed by atoms with van der Waals surface area (Å²) in [5, 5.41) is 2.67. The van der Waals surface area contributed by atoms with Gasteiger partial charge in [-0.05, 0) is 82.4 Å². The van der Waals surface area contributed by atoms with Crippen LogP contribution in [0.3, 0.4) is 0 Å². The molecule has 164 valence electrons. The molecule has 2 N–H and O–H groups in total. The molecule has 0 bridgehead atoms. The van der Waals surface area contributed by atoms with Crippen molar-refractivity contribution in [1.82, 2.24) is 9.62 Å². The zero-order valence-corrected chi connectivity index (χ0v) is 18.9. The predicted octanol–water partition coefficient (Wildman–Crippen LogP) is 3.35. The molecule has 0 aliphatic carbocycles. The number of nitrogens with one attached hydrogen (secondary N) is 2. The number of carbonyl (C=O) groups excluding carboxylic acids is 1. The van der Waals surface area contributed by atoms with Crippen molar-refractivity contribution in [3.63, 3.8) is 0 Å². The Morgan fingerprint density at radius 1 is 1.17 bits per heavy atom. The molecule has 0 unspecified atom stereocenters. The molecule has 1 aromatic heterocycles. The van der Waals surface area contributed by atoms with Gasteiger partial charge in [-0.2, -0.15) is 0 Å². The van der Waals surface area contributed by atoms with Crippen molar-refractivity contribution in [2.45, 2.75) is 52.0 Å². The number of benzene rings is 1. The summed E-state index contributed by atoms with van der Waals surface area (Å²) in [6.45, 7) is 10.3. The van der Waals surface area contributed by atoms with Crippen LogP contribution in [0.15, 0.2) is 33.6 Å². The molecule has 2 heterocycles. The Labute approximate surface area is 178 Å². The second-order valence-electron chi connectivity index (χ2n) is 8.17. The lowest BCUT2D eigenvalue weighted by Crippen LogP contribution is -2.38. The molecule has 0 spiro atoms. The minimum Gasteiger partial charge on any atom is -0.466 e. The molecule has 3 rings (SSSR count). The van der Waals surface area contributed by atoms with Gasteiger partial charge >= 0.3 is 0 Å². The van der Waals surface area contributed by atoms with Gasteiger partial charge in [0.25, 0.3) is 0 Å². The maximum Gasteiger partial charge on any atom is 0.240 e. The monoisotopic (exact) mass is 433 g/mol. The first-order valence-electron chi connectivity index (χ1n) is 10.3. The van der Waals surface area contributed by atoms with Crippen LogP contribution in [-0.2, 0) is 21.4 Å². The van der Waals surface area contributed by atoms with Crippen molar-refractivity contribution in [3.05, 3.63) is 46.9 Å². The molecule has 30 heavy (non-hydrogen) atoms. The van der Waals surface area contributed by atoms with Crippen LogP contribution >= 0.6 is 0 Å². The Bertz CT molecular complexity index is 1010. The molecule has 0 atom stereocenters. The van der Waals surface area contributed by atoms with Gasteiger partial charge in [-0.1, -0.05) is 0 Å². The van der Waals surface area contributed by atoms with Gasteiger partial charge in [0.05, 0.1) is 4.90 Å². The van der Waals surface area contributed by atoms with Crippen LogP contribution in [0.1, 0.15) is 42.4 Å². The van der Waals surface area contributed by atoms with Gasteiger partial charge in [0.2, 0.25) is 15.9 Å². The SMILES string of the molecule is CC(=O)Nc1ccc(S(=O)(=O)NCC2CCN(Cc3cc(C)oc3C)CC2)c(C)c1. The summed E-state index contributed by atoms with van der Waals surface area (Å²) in [4.78, 5) is 13.8. The highest BCUT2D eigenvalue weighted by molar-refractivity contribution is 7.89. The van der Waals surface area contributed by atoms with Crippen LogP contribution < -0.4 is 10.0 Å². The van der Waals surface area contributed by atoms with Crippen molar-refractivity contribution >= 4 is 21.6 Å². The number of sulfonamides is 1. The second-order valence-corrected chi connectivity index (χ2v) is 9.91. The van der Waals surface area contributed by atoms with Crippen LogP contribution in [0.5, 0.6) is 0 Å². The first-order valence-corrected chi connectivity index (χ1v) is 11.8. The Morgan fingerprint density at radius 3 is 2.43 bits per heavy atom. The topological polar surface area (TPSA) is 91.6 Å².